The van der Waals surface area contributed by atoms with Gasteiger partial charge in [-0.1, -0.05) is 26.7 Å². The van der Waals surface area contributed by atoms with Crippen molar-refractivity contribution in [2.24, 2.45) is 5.73 Å². The molecule has 1 unspecified atom stereocenters. The van der Waals surface area contributed by atoms with Gasteiger partial charge in [-0.05, 0) is 30.9 Å². The summed E-state index contributed by atoms with van der Waals surface area (Å²) in [5.41, 5.74) is 6.25. The van der Waals surface area contributed by atoms with Crippen LogP contribution in [0.1, 0.15) is 45.1 Å². The minimum atomic E-state index is -0.585. The molecule has 0 aromatic heterocycles. The first-order chi connectivity index (χ1) is 8.90. The maximum Gasteiger partial charge on any atom is 0.272 e. The summed E-state index contributed by atoms with van der Waals surface area (Å²) in [4.78, 5) is 10.1. The van der Waals surface area contributed by atoms with Crippen LogP contribution in [0.4, 0.5) is 10.1 Å². The van der Waals surface area contributed by atoms with E-state index in [9.17, 15) is 14.5 Å². The number of non-ortho nitro benzene ring substituents is 1. The number of nitro groups is 1. The summed E-state index contributed by atoms with van der Waals surface area (Å²) in [6.45, 7) is 4.08. The van der Waals surface area contributed by atoms with Crippen molar-refractivity contribution in [3.05, 3.63) is 39.7 Å². The molecule has 1 atom stereocenters. The summed E-state index contributed by atoms with van der Waals surface area (Å²) in [5.74, 6) is -0.585. The Hall–Kier alpha value is -1.49. The Morgan fingerprint density at radius 3 is 2.58 bits per heavy atom. The highest BCUT2D eigenvalue weighted by atomic mass is 19.1. The third-order valence-corrected chi connectivity index (χ3v) is 3.44. The summed E-state index contributed by atoms with van der Waals surface area (Å²) in [6, 6.07) is 3.67. The Morgan fingerprint density at radius 1 is 1.37 bits per heavy atom. The molecule has 5 heteroatoms. The average molecular weight is 268 g/mol. The number of hydrogen-bond acceptors (Lipinski definition) is 3. The monoisotopic (exact) mass is 268 g/mol. The summed E-state index contributed by atoms with van der Waals surface area (Å²) >= 11 is 0. The minimum Gasteiger partial charge on any atom is -0.325 e. The van der Waals surface area contributed by atoms with Gasteiger partial charge in [-0.2, -0.15) is 0 Å². The number of hydrogen-bond donors (Lipinski definition) is 1. The van der Waals surface area contributed by atoms with E-state index in [1.807, 2.05) is 6.92 Å². The van der Waals surface area contributed by atoms with Gasteiger partial charge in [-0.3, -0.25) is 10.1 Å². The molecule has 2 N–H and O–H groups in total. The second kappa shape index (κ2) is 6.61. The van der Waals surface area contributed by atoms with Crippen molar-refractivity contribution in [2.75, 3.05) is 0 Å². The van der Waals surface area contributed by atoms with Crippen LogP contribution in [0.5, 0.6) is 0 Å². The van der Waals surface area contributed by atoms with E-state index in [1.165, 1.54) is 12.1 Å². The fraction of sp³-hybridized carbons (Fsp3) is 0.571. The van der Waals surface area contributed by atoms with Crippen molar-refractivity contribution in [1.29, 1.82) is 0 Å². The highest BCUT2D eigenvalue weighted by Gasteiger charge is 2.23. The van der Waals surface area contributed by atoms with Crippen LogP contribution in [0, 0.1) is 15.9 Å². The van der Waals surface area contributed by atoms with Crippen molar-refractivity contribution in [1.82, 2.24) is 0 Å². The Labute approximate surface area is 113 Å². The van der Waals surface area contributed by atoms with Gasteiger partial charge in [-0.25, -0.2) is 4.39 Å². The van der Waals surface area contributed by atoms with Crippen LogP contribution in [-0.4, -0.2) is 10.5 Å². The van der Waals surface area contributed by atoms with Crippen LogP contribution in [0.2, 0.25) is 0 Å². The van der Waals surface area contributed by atoms with Crippen LogP contribution in [0.15, 0.2) is 18.2 Å². The topological polar surface area (TPSA) is 69.2 Å². The minimum absolute atomic E-state index is 0.219. The molecule has 4 nitrogen and oxygen atoms in total. The van der Waals surface area contributed by atoms with Crippen LogP contribution >= 0.6 is 0 Å². The van der Waals surface area contributed by atoms with Crippen LogP contribution in [-0.2, 0) is 6.42 Å². The molecular weight excluding hydrogens is 247 g/mol. The number of nitrogens with two attached hydrogens (primary N) is 1. The average Bonchev–Trinajstić information content (AvgIpc) is 2.35. The lowest BCUT2D eigenvalue weighted by Gasteiger charge is -2.28. The van der Waals surface area contributed by atoms with Crippen molar-refractivity contribution in [3.8, 4) is 0 Å². The number of nitrogens with zero attached hydrogens (tertiary/aromatic N) is 1. The van der Waals surface area contributed by atoms with E-state index in [0.29, 0.717) is 12.0 Å². The second-order valence-corrected chi connectivity index (χ2v) is 5.07. The lowest BCUT2D eigenvalue weighted by molar-refractivity contribution is -0.385. The zero-order chi connectivity index (χ0) is 14.5. The first-order valence-corrected chi connectivity index (χ1v) is 6.63. The summed E-state index contributed by atoms with van der Waals surface area (Å²) in [6.07, 6.45) is 4.10. The van der Waals surface area contributed by atoms with E-state index in [0.717, 1.165) is 31.7 Å². The third kappa shape index (κ3) is 4.59. The lowest BCUT2D eigenvalue weighted by atomic mass is 9.84. The zero-order valence-electron chi connectivity index (χ0n) is 11.5. The maximum atomic E-state index is 13.4. The first-order valence-electron chi connectivity index (χ1n) is 6.63. The van der Waals surface area contributed by atoms with Crippen molar-refractivity contribution in [3.63, 3.8) is 0 Å². The van der Waals surface area contributed by atoms with Gasteiger partial charge in [0, 0.05) is 11.6 Å². The van der Waals surface area contributed by atoms with Gasteiger partial charge in [0.25, 0.3) is 5.69 Å². The molecule has 0 saturated heterocycles. The number of benzene rings is 1. The highest BCUT2D eigenvalue weighted by Crippen LogP contribution is 2.24. The predicted octanol–water partition coefficient (Wildman–Crippen LogP) is 3.57. The highest BCUT2D eigenvalue weighted by molar-refractivity contribution is 5.36. The molecule has 1 rings (SSSR count). The Bertz CT molecular complexity index is 451. The molecule has 0 aliphatic carbocycles. The van der Waals surface area contributed by atoms with Gasteiger partial charge in [-0.15, -0.1) is 0 Å². The van der Waals surface area contributed by atoms with E-state index in [2.05, 4.69) is 6.92 Å². The van der Waals surface area contributed by atoms with Crippen LogP contribution in [0.25, 0.3) is 0 Å². The molecular formula is C14H21FN2O2. The third-order valence-electron chi connectivity index (χ3n) is 3.44. The lowest BCUT2D eigenvalue weighted by Crippen LogP contribution is -2.41. The van der Waals surface area contributed by atoms with Crippen LogP contribution in [0.3, 0.4) is 0 Å². The molecule has 19 heavy (non-hydrogen) atoms. The fourth-order valence-electron chi connectivity index (χ4n) is 2.17. The second-order valence-electron chi connectivity index (χ2n) is 5.07. The molecule has 1 aromatic carbocycles. The summed E-state index contributed by atoms with van der Waals surface area (Å²) in [7, 11) is 0. The molecule has 0 heterocycles. The van der Waals surface area contributed by atoms with E-state index < -0.39 is 16.3 Å². The number of nitro benzene ring substituents is 1. The van der Waals surface area contributed by atoms with E-state index >= 15 is 0 Å². The molecule has 0 bridgehead atoms. The largest absolute Gasteiger partial charge is 0.325 e. The van der Waals surface area contributed by atoms with Gasteiger partial charge < -0.3 is 5.73 Å². The van der Waals surface area contributed by atoms with Crippen molar-refractivity contribution >= 4 is 5.69 Å². The fourth-order valence-corrected chi connectivity index (χ4v) is 2.17. The molecule has 0 saturated carbocycles. The molecule has 0 fully saturated rings. The number of halogens is 1. The summed E-state index contributed by atoms with van der Waals surface area (Å²) < 4.78 is 13.4. The Morgan fingerprint density at radius 2 is 2.05 bits per heavy atom. The zero-order valence-corrected chi connectivity index (χ0v) is 11.5. The van der Waals surface area contributed by atoms with E-state index in [1.54, 1.807) is 0 Å². The Balaban J connectivity index is 2.93. The van der Waals surface area contributed by atoms with E-state index in [4.69, 9.17) is 5.73 Å². The van der Waals surface area contributed by atoms with Crippen molar-refractivity contribution in [2.45, 2.75) is 51.5 Å². The standard InChI is InChI=1S/C14H21FN2O2/c1-3-5-6-14(16,4-2)10-11-7-12(15)9-13(8-11)17(18)19/h7-9H,3-6,10,16H2,1-2H3. The molecule has 1 aromatic rings. The Kier molecular flexibility index (Phi) is 5.42. The molecule has 0 aliphatic rings. The van der Waals surface area contributed by atoms with Gasteiger partial charge in [0.05, 0.1) is 11.0 Å². The molecule has 0 radical (unpaired) electrons. The number of rotatable bonds is 7. The molecule has 106 valence electrons. The SMILES string of the molecule is CCCCC(N)(CC)Cc1cc(F)cc([N+](=O)[O-])c1. The van der Waals surface area contributed by atoms with Crippen molar-refractivity contribution < 1.29 is 9.31 Å². The van der Waals surface area contributed by atoms with Crippen LogP contribution < -0.4 is 5.73 Å². The normalized spacial score (nSPS) is 14.1. The smallest absolute Gasteiger partial charge is 0.272 e. The summed E-state index contributed by atoms with van der Waals surface area (Å²) in [5, 5.41) is 10.7. The van der Waals surface area contributed by atoms with Gasteiger partial charge in [0.15, 0.2) is 0 Å². The molecule has 0 aliphatic heterocycles. The molecule has 0 spiro atoms. The molecule has 0 amide bonds. The van der Waals surface area contributed by atoms with Gasteiger partial charge in [0.2, 0.25) is 0 Å². The van der Waals surface area contributed by atoms with E-state index in [-0.39, 0.29) is 5.69 Å². The maximum absolute atomic E-state index is 13.4. The number of unbranched alkanes of at least 4 members (excludes halogenated alkanes) is 1. The predicted molar refractivity (Wildman–Crippen MR) is 73.5 cm³/mol. The quantitative estimate of drug-likeness (QED) is 0.607. The first kappa shape index (κ1) is 15.6. The van der Waals surface area contributed by atoms with Gasteiger partial charge >= 0.3 is 0 Å². The van der Waals surface area contributed by atoms with Gasteiger partial charge in [0.1, 0.15) is 5.82 Å².